The number of ether oxygens (including phenoxy) is 2. The number of rotatable bonds is 9. The maximum absolute atomic E-state index is 13.7. The number of hydrogen-bond donors (Lipinski definition) is 1. The van der Waals surface area contributed by atoms with Crippen molar-refractivity contribution in [2.24, 2.45) is 0 Å². The Labute approximate surface area is 260 Å². The molecule has 5 aromatic rings. The number of nitrogens with one attached hydrogen (secondary N) is 1. The number of fused-ring (bicyclic) bond motifs is 1. The number of sulfonamides is 1. The number of oxazole rings is 1. The maximum atomic E-state index is 13.7. The van der Waals surface area contributed by atoms with E-state index in [-0.39, 0.29) is 40.1 Å². The summed E-state index contributed by atoms with van der Waals surface area (Å²) in [6.45, 7) is 6.08. The van der Waals surface area contributed by atoms with E-state index in [1.807, 2.05) is 13.8 Å². The molecule has 1 fully saturated rings. The average molecular weight is 653 g/mol. The number of anilines is 1. The topological polar surface area (TPSA) is 159 Å². The van der Waals surface area contributed by atoms with Crippen molar-refractivity contribution >= 4 is 36.6 Å². The van der Waals surface area contributed by atoms with Gasteiger partial charge in [-0.05, 0) is 49.7 Å². The highest BCUT2D eigenvalue weighted by Crippen LogP contribution is 2.37. The van der Waals surface area contributed by atoms with Gasteiger partial charge in [0.1, 0.15) is 11.4 Å². The van der Waals surface area contributed by atoms with Crippen LogP contribution in [0.25, 0.3) is 33.5 Å². The molecule has 0 saturated carbocycles. The van der Waals surface area contributed by atoms with Crippen LogP contribution in [-0.4, -0.2) is 79.6 Å². The predicted octanol–water partition coefficient (Wildman–Crippen LogP) is 3.98. The lowest BCUT2D eigenvalue weighted by Crippen LogP contribution is -2.44. The highest BCUT2D eigenvalue weighted by atomic mass is 32.2. The van der Waals surface area contributed by atoms with Gasteiger partial charge in [-0.1, -0.05) is 18.2 Å². The highest BCUT2D eigenvalue weighted by molar-refractivity contribution is 7.92. The number of nitrogens with zero attached hydrogens (tertiary/aromatic N) is 5. The number of hydrogen-bond acceptors (Lipinski definition) is 11. The molecule has 1 aliphatic heterocycles. The zero-order chi connectivity index (χ0) is 31.9. The molecule has 2 atom stereocenters. The van der Waals surface area contributed by atoms with E-state index in [0.29, 0.717) is 34.4 Å². The molecule has 0 spiro atoms. The first-order valence-electron chi connectivity index (χ1n) is 14.1. The van der Waals surface area contributed by atoms with Crippen molar-refractivity contribution < 1.29 is 30.7 Å². The van der Waals surface area contributed by atoms with E-state index in [2.05, 4.69) is 24.7 Å². The third-order valence-corrected chi connectivity index (χ3v) is 9.46. The van der Waals surface area contributed by atoms with Gasteiger partial charge in [-0.15, -0.1) is 0 Å². The fraction of sp³-hybridized carbons (Fsp3) is 0.300. The molecule has 45 heavy (non-hydrogen) atoms. The lowest BCUT2D eigenvalue weighted by atomic mass is 10.0. The molecule has 0 radical (unpaired) electrons. The Morgan fingerprint density at radius 2 is 1.69 bits per heavy atom. The van der Waals surface area contributed by atoms with Crippen LogP contribution in [0.4, 0.5) is 5.69 Å². The van der Waals surface area contributed by atoms with E-state index in [1.54, 1.807) is 42.6 Å². The smallest absolute Gasteiger partial charge is 0.283 e. The van der Waals surface area contributed by atoms with Crippen LogP contribution in [0, 0.1) is 0 Å². The van der Waals surface area contributed by atoms with Gasteiger partial charge in [0, 0.05) is 35.8 Å². The van der Waals surface area contributed by atoms with Crippen LogP contribution in [0.1, 0.15) is 19.6 Å². The second kappa shape index (κ2) is 11.9. The van der Waals surface area contributed by atoms with Gasteiger partial charge in [-0.25, -0.2) is 18.4 Å². The van der Waals surface area contributed by atoms with E-state index >= 15 is 0 Å². The van der Waals surface area contributed by atoms with Crippen molar-refractivity contribution in [1.82, 2.24) is 24.1 Å². The molecule has 6 rings (SSSR count). The van der Waals surface area contributed by atoms with Crippen molar-refractivity contribution in [3.8, 4) is 28.5 Å². The van der Waals surface area contributed by atoms with Crippen molar-refractivity contribution in [2.45, 2.75) is 37.5 Å². The standard InChI is InChI=1S/C30H32N6O7S2/c1-19-16-35(17-20(2)42-19)18-23-14-32-29(43-23)25-10-21(22-11-27(34-44(4,37)38)30(41-3)31-13-22)12-28-26(25)15-33-36(28)45(39,40)24-8-6-5-7-9-24/h5-15,19-20,34H,16-18H2,1-4H3. The van der Waals surface area contributed by atoms with Gasteiger partial charge >= 0.3 is 0 Å². The Balaban J connectivity index is 1.49. The summed E-state index contributed by atoms with van der Waals surface area (Å²) in [5.74, 6) is 0.991. The SMILES string of the molecule is COc1ncc(-c2cc(-c3ncc(CN4CC(C)OC(C)C4)o3)c3cnn(S(=O)(=O)c4ccccc4)c3c2)cc1NS(C)(=O)=O. The molecule has 0 amide bonds. The fourth-order valence-electron chi connectivity index (χ4n) is 5.52. The summed E-state index contributed by atoms with van der Waals surface area (Å²) in [6, 6.07) is 13.0. The molecule has 1 aliphatic rings. The van der Waals surface area contributed by atoms with Crippen molar-refractivity contribution in [3.05, 3.63) is 72.9 Å². The minimum Gasteiger partial charge on any atom is -0.480 e. The zero-order valence-electron chi connectivity index (χ0n) is 25.0. The van der Waals surface area contributed by atoms with Crippen LogP contribution >= 0.6 is 0 Å². The monoisotopic (exact) mass is 652 g/mol. The summed E-state index contributed by atoms with van der Waals surface area (Å²) in [5.41, 5.74) is 1.90. The van der Waals surface area contributed by atoms with E-state index < -0.39 is 20.0 Å². The third-order valence-electron chi connectivity index (χ3n) is 7.26. The van der Waals surface area contributed by atoms with Crippen LogP contribution in [0.2, 0.25) is 0 Å². The first kappa shape index (κ1) is 30.7. The van der Waals surface area contributed by atoms with Gasteiger partial charge in [-0.2, -0.15) is 17.6 Å². The first-order valence-corrected chi connectivity index (χ1v) is 17.4. The zero-order valence-corrected chi connectivity index (χ0v) is 26.7. The van der Waals surface area contributed by atoms with Gasteiger partial charge in [0.2, 0.25) is 21.8 Å². The highest BCUT2D eigenvalue weighted by Gasteiger charge is 2.26. The largest absolute Gasteiger partial charge is 0.480 e. The third kappa shape index (κ3) is 6.42. The lowest BCUT2D eigenvalue weighted by molar-refractivity contribution is -0.0718. The molecule has 1 saturated heterocycles. The molecular formula is C30H32N6O7S2. The summed E-state index contributed by atoms with van der Waals surface area (Å²) in [4.78, 5) is 11.1. The van der Waals surface area contributed by atoms with Crippen LogP contribution in [0.15, 0.2) is 76.4 Å². The second-order valence-electron chi connectivity index (χ2n) is 11.0. The quantitative estimate of drug-likeness (QED) is 0.245. The maximum Gasteiger partial charge on any atom is 0.283 e. The minimum atomic E-state index is -4.08. The molecule has 13 nitrogen and oxygen atoms in total. The summed E-state index contributed by atoms with van der Waals surface area (Å²) >= 11 is 0. The van der Waals surface area contributed by atoms with Crippen LogP contribution in [0.5, 0.6) is 5.88 Å². The fourth-order valence-corrected chi connectivity index (χ4v) is 7.34. The Hall–Kier alpha value is -4.31. The molecule has 3 aromatic heterocycles. The molecule has 0 bridgehead atoms. The second-order valence-corrected chi connectivity index (χ2v) is 14.5. The predicted molar refractivity (Wildman–Crippen MR) is 168 cm³/mol. The van der Waals surface area contributed by atoms with Gasteiger partial charge in [0.15, 0.2) is 0 Å². The van der Waals surface area contributed by atoms with E-state index in [4.69, 9.17) is 13.9 Å². The van der Waals surface area contributed by atoms with Gasteiger partial charge in [0.05, 0.1) is 54.9 Å². The molecule has 2 unspecified atom stereocenters. The Kier molecular flexibility index (Phi) is 8.11. The first-order chi connectivity index (χ1) is 21.4. The van der Waals surface area contributed by atoms with Crippen LogP contribution in [-0.2, 0) is 31.3 Å². The molecular weight excluding hydrogens is 620 g/mol. The Morgan fingerprint density at radius 1 is 0.956 bits per heavy atom. The van der Waals surface area contributed by atoms with Crippen LogP contribution in [0.3, 0.4) is 0 Å². The average Bonchev–Trinajstić information content (AvgIpc) is 3.63. The van der Waals surface area contributed by atoms with Gasteiger partial charge < -0.3 is 13.9 Å². The summed E-state index contributed by atoms with van der Waals surface area (Å²) in [7, 11) is -6.36. The van der Waals surface area contributed by atoms with Crippen molar-refractivity contribution in [1.29, 1.82) is 0 Å². The molecule has 1 N–H and O–H groups in total. The van der Waals surface area contributed by atoms with Crippen molar-refractivity contribution in [2.75, 3.05) is 31.2 Å². The number of morpholine rings is 1. The number of aromatic nitrogens is 4. The van der Waals surface area contributed by atoms with E-state index in [1.165, 1.54) is 31.6 Å². The summed E-state index contributed by atoms with van der Waals surface area (Å²) < 4.78 is 72.3. The number of methoxy groups -OCH3 is 1. The summed E-state index contributed by atoms with van der Waals surface area (Å²) in [5, 5.41) is 4.78. The van der Waals surface area contributed by atoms with E-state index in [9.17, 15) is 16.8 Å². The summed E-state index contributed by atoms with van der Waals surface area (Å²) in [6.07, 6.45) is 5.83. The minimum absolute atomic E-state index is 0.0695. The molecule has 2 aromatic carbocycles. The Bertz CT molecular complexity index is 2070. The van der Waals surface area contributed by atoms with Gasteiger partial charge in [-0.3, -0.25) is 9.62 Å². The van der Waals surface area contributed by atoms with Crippen molar-refractivity contribution in [3.63, 3.8) is 0 Å². The lowest BCUT2D eigenvalue weighted by Gasteiger charge is -2.34. The molecule has 236 valence electrons. The Morgan fingerprint density at radius 3 is 2.38 bits per heavy atom. The van der Waals surface area contributed by atoms with Crippen LogP contribution < -0.4 is 9.46 Å². The number of benzene rings is 2. The molecule has 4 heterocycles. The molecule has 15 heteroatoms. The van der Waals surface area contributed by atoms with E-state index in [0.717, 1.165) is 23.4 Å². The molecule has 0 aliphatic carbocycles. The number of pyridine rings is 1. The normalized spacial score (nSPS) is 17.9. The van der Waals surface area contributed by atoms with Gasteiger partial charge in [0.25, 0.3) is 10.0 Å².